The summed E-state index contributed by atoms with van der Waals surface area (Å²) < 4.78 is 0. The van der Waals surface area contributed by atoms with Gasteiger partial charge in [0.1, 0.15) is 6.07 Å². The van der Waals surface area contributed by atoms with Crippen LogP contribution in [0.4, 0.5) is 5.69 Å². The molecule has 1 atom stereocenters. The maximum Gasteiger partial charge on any atom is 0.101 e. The van der Waals surface area contributed by atoms with E-state index in [4.69, 9.17) is 10.2 Å². The van der Waals surface area contributed by atoms with Crippen molar-refractivity contribution in [2.45, 2.75) is 50.5 Å². The molecule has 6 heteroatoms. The van der Waals surface area contributed by atoms with Crippen LogP contribution in [0.3, 0.4) is 0 Å². The quantitative estimate of drug-likeness (QED) is 0.818. The van der Waals surface area contributed by atoms with E-state index in [0.29, 0.717) is 11.5 Å². The maximum absolute atomic E-state index is 9.10. The Hall–Kier alpha value is -1.97. The van der Waals surface area contributed by atoms with E-state index in [1.165, 1.54) is 54.4 Å². The number of anilines is 1. The molecular weight excluding hydrogens is 354 g/mol. The summed E-state index contributed by atoms with van der Waals surface area (Å²) in [6, 6.07) is 4.98. The third-order valence-corrected chi connectivity index (χ3v) is 7.72. The van der Waals surface area contributed by atoms with Crippen molar-refractivity contribution in [3.63, 3.8) is 0 Å². The van der Waals surface area contributed by atoms with Gasteiger partial charge < -0.3 is 4.90 Å². The average Bonchev–Trinajstić information content (AvgIpc) is 3.26. The fourth-order valence-corrected chi connectivity index (χ4v) is 5.78. The summed E-state index contributed by atoms with van der Waals surface area (Å²) in [5, 5.41) is 10.4. The van der Waals surface area contributed by atoms with Gasteiger partial charge in [-0.2, -0.15) is 5.26 Å². The van der Waals surface area contributed by atoms with Gasteiger partial charge in [0.15, 0.2) is 0 Å². The number of pyridine rings is 1. The Morgan fingerprint density at radius 2 is 2.00 bits per heavy atom. The molecule has 1 saturated carbocycles. The Bertz CT molecular complexity index is 840. The maximum atomic E-state index is 9.10. The van der Waals surface area contributed by atoms with Crippen molar-refractivity contribution in [2.75, 3.05) is 31.1 Å². The smallest absolute Gasteiger partial charge is 0.101 e. The molecule has 5 rings (SSSR count). The second-order valence-corrected chi connectivity index (χ2v) is 9.13. The summed E-state index contributed by atoms with van der Waals surface area (Å²) in [5.41, 5.74) is 3.06. The van der Waals surface area contributed by atoms with Gasteiger partial charge in [-0.15, -0.1) is 11.3 Å². The van der Waals surface area contributed by atoms with Crippen LogP contribution >= 0.6 is 11.3 Å². The van der Waals surface area contributed by atoms with E-state index in [1.807, 2.05) is 23.6 Å². The molecule has 0 aromatic carbocycles. The van der Waals surface area contributed by atoms with Gasteiger partial charge >= 0.3 is 0 Å². The number of hydrogen-bond donors (Lipinski definition) is 0. The number of hydrogen-bond acceptors (Lipinski definition) is 6. The lowest BCUT2D eigenvalue weighted by Crippen LogP contribution is -2.41. The van der Waals surface area contributed by atoms with Crippen LogP contribution in [0.2, 0.25) is 0 Å². The van der Waals surface area contributed by atoms with E-state index in [2.05, 4.69) is 20.9 Å². The predicted molar refractivity (Wildman–Crippen MR) is 107 cm³/mol. The second-order valence-electron chi connectivity index (χ2n) is 8.02. The number of rotatable bonds is 3. The van der Waals surface area contributed by atoms with E-state index in [0.717, 1.165) is 37.7 Å². The highest BCUT2D eigenvalue weighted by atomic mass is 32.1. The Labute approximate surface area is 164 Å². The van der Waals surface area contributed by atoms with Crippen LogP contribution in [0.1, 0.15) is 52.7 Å². The normalized spacial score (nSPS) is 23.5. The molecule has 2 aromatic rings. The van der Waals surface area contributed by atoms with Crippen LogP contribution < -0.4 is 4.90 Å². The van der Waals surface area contributed by atoms with Gasteiger partial charge in [-0.1, -0.05) is 6.42 Å². The lowest BCUT2D eigenvalue weighted by molar-refractivity contribution is 0.133. The standard InChI is InChI=1S/C21H25N5S/c22-11-15-10-18(13-23-12-15)26-7-4-16(14-26)21-24-19-5-8-25(17-2-1-3-17)9-6-20(19)27-21/h10,12-13,16-17H,1-9,14H2. The molecule has 2 aliphatic heterocycles. The lowest BCUT2D eigenvalue weighted by atomic mass is 9.91. The molecule has 140 valence electrons. The van der Waals surface area contributed by atoms with Crippen LogP contribution in [-0.4, -0.2) is 47.1 Å². The summed E-state index contributed by atoms with van der Waals surface area (Å²) in [6.45, 7) is 4.39. The van der Waals surface area contributed by atoms with Gasteiger partial charge in [0.2, 0.25) is 0 Å². The molecule has 1 aliphatic carbocycles. The van der Waals surface area contributed by atoms with Crippen molar-refractivity contribution in [1.82, 2.24) is 14.9 Å². The Kier molecular flexibility index (Phi) is 4.58. The van der Waals surface area contributed by atoms with E-state index < -0.39 is 0 Å². The molecule has 0 bridgehead atoms. The third-order valence-electron chi connectivity index (χ3n) is 6.40. The molecule has 1 saturated heterocycles. The van der Waals surface area contributed by atoms with Gasteiger partial charge in [-0.05, 0) is 31.7 Å². The van der Waals surface area contributed by atoms with Crippen molar-refractivity contribution in [2.24, 2.45) is 0 Å². The van der Waals surface area contributed by atoms with Gasteiger partial charge in [0, 0.05) is 55.6 Å². The molecule has 2 aromatic heterocycles. The minimum atomic E-state index is 0.510. The van der Waals surface area contributed by atoms with Gasteiger partial charge in [-0.25, -0.2) is 4.98 Å². The highest BCUT2D eigenvalue weighted by molar-refractivity contribution is 7.11. The fourth-order valence-electron chi connectivity index (χ4n) is 4.55. The first kappa shape index (κ1) is 17.2. The molecule has 0 radical (unpaired) electrons. The molecule has 0 amide bonds. The second kappa shape index (κ2) is 7.21. The van der Waals surface area contributed by atoms with E-state index in [9.17, 15) is 0 Å². The van der Waals surface area contributed by atoms with Crippen LogP contribution in [-0.2, 0) is 12.8 Å². The zero-order valence-electron chi connectivity index (χ0n) is 15.6. The number of thiazole rings is 1. The highest BCUT2D eigenvalue weighted by Gasteiger charge is 2.30. The number of aromatic nitrogens is 2. The SMILES string of the molecule is N#Cc1cncc(N2CCC(c3nc4c(s3)CCN(C3CCC3)CC4)C2)c1. The Morgan fingerprint density at radius 3 is 2.81 bits per heavy atom. The lowest BCUT2D eigenvalue weighted by Gasteiger charge is -2.36. The van der Waals surface area contributed by atoms with Crippen LogP contribution in [0, 0.1) is 11.3 Å². The molecule has 27 heavy (non-hydrogen) atoms. The predicted octanol–water partition coefficient (Wildman–Crippen LogP) is 3.36. The van der Waals surface area contributed by atoms with Crippen molar-refractivity contribution in [1.29, 1.82) is 5.26 Å². The average molecular weight is 380 g/mol. The Morgan fingerprint density at radius 1 is 1.11 bits per heavy atom. The van der Waals surface area contributed by atoms with Crippen molar-refractivity contribution in [3.8, 4) is 6.07 Å². The highest BCUT2D eigenvalue weighted by Crippen LogP contribution is 2.36. The molecule has 5 nitrogen and oxygen atoms in total. The van der Waals surface area contributed by atoms with E-state index >= 15 is 0 Å². The monoisotopic (exact) mass is 379 g/mol. The van der Waals surface area contributed by atoms with E-state index in [1.54, 1.807) is 6.20 Å². The summed E-state index contributed by atoms with van der Waals surface area (Å²) >= 11 is 1.96. The van der Waals surface area contributed by atoms with Crippen LogP contribution in [0.15, 0.2) is 18.5 Å². The molecule has 2 fully saturated rings. The summed E-state index contributed by atoms with van der Waals surface area (Å²) in [5.74, 6) is 0.510. The fraction of sp³-hybridized carbons (Fsp3) is 0.571. The van der Waals surface area contributed by atoms with Crippen molar-refractivity contribution in [3.05, 3.63) is 39.6 Å². The van der Waals surface area contributed by atoms with Gasteiger partial charge in [0.05, 0.1) is 28.1 Å². The molecule has 1 unspecified atom stereocenters. The number of fused-ring (bicyclic) bond motifs is 1. The minimum absolute atomic E-state index is 0.510. The summed E-state index contributed by atoms with van der Waals surface area (Å²) in [6.07, 6.45) is 11.1. The van der Waals surface area contributed by atoms with Crippen LogP contribution in [0.25, 0.3) is 0 Å². The molecule has 0 N–H and O–H groups in total. The molecule has 4 heterocycles. The van der Waals surface area contributed by atoms with Gasteiger partial charge in [0.25, 0.3) is 0 Å². The topological polar surface area (TPSA) is 56.1 Å². The first-order valence-corrected chi connectivity index (χ1v) is 10.9. The zero-order chi connectivity index (χ0) is 18.2. The van der Waals surface area contributed by atoms with Crippen molar-refractivity contribution >= 4 is 17.0 Å². The molecule has 0 spiro atoms. The van der Waals surface area contributed by atoms with Crippen molar-refractivity contribution < 1.29 is 0 Å². The van der Waals surface area contributed by atoms with E-state index in [-0.39, 0.29) is 0 Å². The molecule has 3 aliphatic rings. The first-order chi connectivity index (χ1) is 13.3. The number of nitrogens with zero attached hydrogens (tertiary/aromatic N) is 5. The summed E-state index contributed by atoms with van der Waals surface area (Å²) in [7, 11) is 0. The molecular formula is C21H25N5S. The summed E-state index contributed by atoms with van der Waals surface area (Å²) in [4.78, 5) is 15.9. The first-order valence-electron chi connectivity index (χ1n) is 10.1. The third kappa shape index (κ3) is 3.35. The largest absolute Gasteiger partial charge is 0.370 e. The Balaban J connectivity index is 1.26. The van der Waals surface area contributed by atoms with Gasteiger partial charge in [-0.3, -0.25) is 9.88 Å². The number of nitriles is 1. The van der Waals surface area contributed by atoms with Crippen LogP contribution in [0.5, 0.6) is 0 Å². The minimum Gasteiger partial charge on any atom is -0.370 e. The zero-order valence-corrected chi connectivity index (χ0v) is 16.4.